The van der Waals surface area contributed by atoms with Gasteiger partial charge in [-0.05, 0) is 45.5 Å². The van der Waals surface area contributed by atoms with Crippen molar-refractivity contribution in [2.75, 3.05) is 0 Å². The molecule has 0 unspecified atom stereocenters. The molecule has 0 bridgehead atoms. The molecule has 0 aliphatic heterocycles. The van der Waals surface area contributed by atoms with E-state index >= 15 is 0 Å². The van der Waals surface area contributed by atoms with Crippen molar-refractivity contribution < 1.29 is 0 Å². The molecule has 0 aromatic heterocycles. The number of aryl methyl sites for hydroxylation is 2. The Kier molecular flexibility index (Phi) is 1.49. The molecule has 3 aromatic rings. The standard InChI is InChI=1S/C16H12/c1-2-6-14-12(4-1)10-13-9-8-11-5-3-7-15(14)16(11)13/h1-7,10H,8-9H2. The first-order chi connectivity index (χ1) is 7.93. The maximum Gasteiger partial charge on any atom is -0.00999 e. The highest BCUT2D eigenvalue weighted by atomic mass is 14.2. The molecular weight excluding hydrogens is 192 g/mol. The van der Waals surface area contributed by atoms with Crippen molar-refractivity contribution in [3.05, 3.63) is 59.7 Å². The van der Waals surface area contributed by atoms with Gasteiger partial charge in [-0.2, -0.15) is 0 Å². The fourth-order valence-corrected chi connectivity index (χ4v) is 3.01. The van der Waals surface area contributed by atoms with E-state index < -0.39 is 0 Å². The van der Waals surface area contributed by atoms with Gasteiger partial charge in [0.1, 0.15) is 0 Å². The average molecular weight is 204 g/mol. The summed E-state index contributed by atoms with van der Waals surface area (Å²) in [5, 5.41) is 5.72. The van der Waals surface area contributed by atoms with Gasteiger partial charge >= 0.3 is 0 Å². The van der Waals surface area contributed by atoms with Crippen molar-refractivity contribution in [3.8, 4) is 0 Å². The van der Waals surface area contributed by atoms with Gasteiger partial charge in [-0.3, -0.25) is 0 Å². The molecule has 0 N–H and O–H groups in total. The van der Waals surface area contributed by atoms with Crippen LogP contribution in [0.4, 0.5) is 0 Å². The molecule has 0 amide bonds. The molecule has 0 spiro atoms. The number of hydrogen-bond donors (Lipinski definition) is 0. The summed E-state index contributed by atoms with van der Waals surface area (Å²) in [5.74, 6) is 0. The molecule has 16 heavy (non-hydrogen) atoms. The Morgan fingerprint density at radius 2 is 1.50 bits per heavy atom. The van der Waals surface area contributed by atoms with Crippen LogP contribution in [0.15, 0.2) is 48.5 Å². The van der Waals surface area contributed by atoms with E-state index in [1.807, 2.05) is 0 Å². The van der Waals surface area contributed by atoms with Crippen LogP contribution in [-0.4, -0.2) is 0 Å². The van der Waals surface area contributed by atoms with Gasteiger partial charge in [0.15, 0.2) is 0 Å². The zero-order valence-corrected chi connectivity index (χ0v) is 9.03. The van der Waals surface area contributed by atoms with Crippen LogP contribution in [0, 0.1) is 0 Å². The maximum atomic E-state index is 2.37. The molecule has 1 aliphatic carbocycles. The fourth-order valence-electron chi connectivity index (χ4n) is 3.01. The van der Waals surface area contributed by atoms with Gasteiger partial charge in [-0.15, -0.1) is 0 Å². The second-order valence-corrected chi connectivity index (χ2v) is 4.60. The van der Waals surface area contributed by atoms with Crippen LogP contribution >= 0.6 is 0 Å². The summed E-state index contributed by atoms with van der Waals surface area (Å²) in [6.07, 6.45) is 2.42. The molecule has 0 saturated heterocycles. The lowest BCUT2D eigenvalue weighted by molar-refractivity contribution is 1.03. The topological polar surface area (TPSA) is 0 Å². The molecule has 0 atom stereocenters. The second kappa shape index (κ2) is 2.85. The highest BCUT2D eigenvalue weighted by Gasteiger charge is 2.15. The quantitative estimate of drug-likeness (QED) is 0.484. The Morgan fingerprint density at radius 3 is 2.50 bits per heavy atom. The van der Waals surface area contributed by atoms with Crippen molar-refractivity contribution >= 4 is 21.5 Å². The highest BCUT2D eigenvalue weighted by molar-refractivity contribution is 6.10. The van der Waals surface area contributed by atoms with Crippen molar-refractivity contribution in [2.45, 2.75) is 12.8 Å². The Bertz CT molecular complexity index is 708. The van der Waals surface area contributed by atoms with Crippen LogP contribution in [0.2, 0.25) is 0 Å². The summed E-state index contributed by atoms with van der Waals surface area (Å²) in [6, 6.07) is 17.8. The van der Waals surface area contributed by atoms with Gasteiger partial charge in [0, 0.05) is 0 Å². The lowest BCUT2D eigenvalue weighted by atomic mass is 9.98. The smallest absolute Gasteiger partial charge is 0.00999 e. The third-order valence-corrected chi connectivity index (χ3v) is 3.72. The molecular formula is C16H12. The first kappa shape index (κ1) is 8.35. The van der Waals surface area contributed by atoms with Crippen LogP contribution in [0.3, 0.4) is 0 Å². The summed E-state index contributed by atoms with van der Waals surface area (Å²) >= 11 is 0. The molecule has 4 rings (SSSR count). The van der Waals surface area contributed by atoms with E-state index in [9.17, 15) is 0 Å². The van der Waals surface area contributed by atoms with Crippen molar-refractivity contribution in [1.29, 1.82) is 0 Å². The first-order valence-electron chi connectivity index (χ1n) is 5.86. The van der Waals surface area contributed by atoms with E-state index in [4.69, 9.17) is 0 Å². The molecule has 0 heterocycles. The van der Waals surface area contributed by atoms with E-state index in [0.717, 1.165) is 0 Å². The third-order valence-electron chi connectivity index (χ3n) is 3.72. The molecule has 0 heteroatoms. The Labute approximate surface area is 94.5 Å². The van der Waals surface area contributed by atoms with Gasteiger partial charge in [-0.1, -0.05) is 48.5 Å². The van der Waals surface area contributed by atoms with Gasteiger partial charge in [0.2, 0.25) is 0 Å². The Balaban J connectivity index is 2.36. The average Bonchev–Trinajstić information content (AvgIpc) is 2.75. The van der Waals surface area contributed by atoms with Gasteiger partial charge in [0.05, 0.1) is 0 Å². The predicted molar refractivity (Wildman–Crippen MR) is 68.9 cm³/mol. The minimum absolute atomic E-state index is 1.21. The molecule has 0 nitrogen and oxygen atoms in total. The van der Waals surface area contributed by atoms with E-state index in [-0.39, 0.29) is 0 Å². The lowest BCUT2D eigenvalue weighted by Gasteiger charge is -2.06. The van der Waals surface area contributed by atoms with Crippen molar-refractivity contribution in [2.24, 2.45) is 0 Å². The second-order valence-electron chi connectivity index (χ2n) is 4.60. The van der Waals surface area contributed by atoms with Crippen LogP contribution in [0.5, 0.6) is 0 Å². The molecule has 0 radical (unpaired) electrons. The Morgan fingerprint density at radius 1 is 0.688 bits per heavy atom. The van der Waals surface area contributed by atoms with Crippen LogP contribution in [-0.2, 0) is 12.8 Å². The van der Waals surface area contributed by atoms with Crippen LogP contribution in [0.1, 0.15) is 11.1 Å². The summed E-state index contributed by atoms with van der Waals surface area (Å²) in [4.78, 5) is 0. The highest BCUT2D eigenvalue weighted by Crippen LogP contribution is 2.35. The minimum Gasteiger partial charge on any atom is -0.0616 e. The summed E-state index contributed by atoms with van der Waals surface area (Å²) < 4.78 is 0. The lowest BCUT2D eigenvalue weighted by Crippen LogP contribution is -1.81. The van der Waals surface area contributed by atoms with Crippen LogP contribution < -0.4 is 0 Å². The molecule has 1 aliphatic rings. The van der Waals surface area contributed by atoms with E-state index in [1.165, 1.54) is 45.5 Å². The van der Waals surface area contributed by atoms with Gasteiger partial charge < -0.3 is 0 Å². The van der Waals surface area contributed by atoms with Crippen molar-refractivity contribution in [1.82, 2.24) is 0 Å². The number of fused-ring (bicyclic) bond motifs is 2. The number of benzene rings is 3. The summed E-state index contributed by atoms with van der Waals surface area (Å²) in [6.45, 7) is 0. The maximum absolute atomic E-state index is 2.37. The fraction of sp³-hybridized carbons (Fsp3) is 0.125. The summed E-state index contributed by atoms with van der Waals surface area (Å²) in [7, 11) is 0. The van der Waals surface area contributed by atoms with Crippen LogP contribution in [0.25, 0.3) is 21.5 Å². The Hall–Kier alpha value is -1.82. The zero-order chi connectivity index (χ0) is 10.5. The molecule has 0 saturated carbocycles. The molecule has 3 aromatic carbocycles. The van der Waals surface area contributed by atoms with E-state index in [2.05, 4.69) is 48.5 Å². The number of hydrogen-bond acceptors (Lipinski definition) is 0. The first-order valence-corrected chi connectivity index (χ1v) is 5.86. The SMILES string of the molecule is c1ccc2c(c1)cc1c3c(cccc32)CC1. The monoisotopic (exact) mass is 204 g/mol. The third kappa shape index (κ3) is 0.943. The van der Waals surface area contributed by atoms with E-state index in [1.54, 1.807) is 0 Å². The normalized spacial score (nSPS) is 13.8. The molecule has 0 fully saturated rings. The van der Waals surface area contributed by atoms with Gasteiger partial charge in [-0.25, -0.2) is 0 Å². The molecule has 76 valence electrons. The number of rotatable bonds is 0. The van der Waals surface area contributed by atoms with E-state index in [0.29, 0.717) is 0 Å². The minimum atomic E-state index is 1.21. The largest absolute Gasteiger partial charge is 0.0616 e. The predicted octanol–water partition coefficient (Wildman–Crippen LogP) is 4.09. The zero-order valence-electron chi connectivity index (χ0n) is 9.03. The van der Waals surface area contributed by atoms with Gasteiger partial charge in [0.25, 0.3) is 0 Å². The summed E-state index contributed by atoms with van der Waals surface area (Å²) in [5.41, 5.74) is 3.06. The van der Waals surface area contributed by atoms with Crippen molar-refractivity contribution in [3.63, 3.8) is 0 Å².